The minimum Gasteiger partial charge on any atom is -0.316 e. The van der Waals surface area contributed by atoms with E-state index in [1.807, 2.05) is 13.8 Å². The van der Waals surface area contributed by atoms with E-state index < -0.39 is 10.0 Å². The van der Waals surface area contributed by atoms with Gasteiger partial charge in [0.2, 0.25) is 10.0 Å². The second-order valence-corrected chi connectivity index (χ2v) is 7.55. The second-order valence-electron chi connectivity index (χ2n) is 4.51. The summed E-state index contributed by atoms with van der Waals surface area (Å²) in [6.07, 6.45) is 0.845. The number of nitrogens with zero attached hydrogens (tertiary/aromatic N) is 1. The summed E-state index contributed by atoms with van der Waals surface area (Å²) in [6, 6.07) is 2.03. The van der Waals surface area contributed by atoms with Crippen molar-refractivity contribution in [3.63, 3.8) is 0 Å². The summed E-state index contributed by atoms with van der Waals surface area (Å²) < 4.78 is 26.2. The molecule has 1 aromatic heterocycles. The van der Waals surface area contributed by atoms with E-state index in [9.17, 15) is 8.42 Å². The Morgan fingerprint density at radius 2 is 2.33 bits per heavy atom. The van der Waals surface area contributed by atoms with Crippen molar-refractivity contribution in [3.05, 3.63) is 21.9 Å². The van der Waals surface area contributed by atoms with Crippen molar-refractivity contribution >= 4 is 21.4 Å². The third kappa shape index (κ3) is 2.77. The molecule has 0 aliphatic carbocycles. The molecule has 2 rings (SSSR count). The SMILES string of the molecule is CCNCCS(=O)(=O)N1CCc2sccc2C1C. The molecular formula is C12H20N2O2S2. The van der Waals surface area contributed by atoms with E-state index in [1.165, 1.54) is 10.4 Å². The average Bonchev–Trinajstić information content (AvgIpc) is 2.78. The molecule has 0 aromatic carbocycles. The predicted octanol–water partition coefficient (Wildman–Crippen LogP) is 1.61. The van der Waals surface area contributed by atoms with Crippen LogP contribution in [0.5, 0.6) is 0 Å². The summed E-state index contributed by atoms with van der Waals surface area (Å²) in [5.74, 6) is 0.185. The topological polar surface area (TPSA) is 49.4 Å². The van der Waals surface area contributed by atoms with E-state index in [1.54, 1.807) is 15.6 Å². The number of thiophene rings is 1. The van der Waals surface area contributed by atoms with Crippen LogP contribution < -0.4 is 5.32 Å². The van der Waals surface area contributed by atoms with Gasteiger partial charge in [-0.05, 0) is 36.9 Å². The van der Waals surface area contributed by atoms with E-state index in [4.69, 9.17) is 0 Å². The van der Waals surface area contributed by atoms with Crippen LogP contribution in [0, 0.1) is 0 Å². The monoisotopic (exact) mass is 288 g/mol. The van der Waals surface area contributed by atoms with Crippen LogP contribution in [-0.2, 0) is 16.4 Å². The van der Waals surface area contributed by atoms with Gasteiger partial charge in [0.1, 0.15) is 0 Å². The van der Waals surface area contributed by atoms with Crippen LogP contribution in [0.1, 0.15) is 30.3 Å². The van der Waals surface area contributed by atoms with E-state index in [2.05, 4.69) is 16.8 Å². The van der Waals surface area contributed by atoms with E-state index >= 15 is 0 Å². The van der Waals surface area contributed by atoms with Crippen LogP contribution in [0.15, 0.2) is 11.4 Å². The Bertz CT molecular complexity index is 496. The van der Waals surface area contributed by atoms with Crippen molar-refractivity contribution < 1.29 is 8.42 Å². The standard InChI is InChI=1S/C12H20N2O2S2/c1-3-13-6-9-18(15,16)14-7-4-12-11(10(14)2)5-8-17-12/h5,8,10,13H,3-4,6-7,9H2,1-2H3. The van der Waals surface area contributed by atoms with Crippen LogP contribution in [0.2, 0.25) is 0 Å². The van der Waals surface area contributed by atoms with Crippen LogP contribution in [0.3, 0.4) is 0 Å². The summed E-state index contributed by atoms with van der Waals surface area (Å²) in [5.41, 5.74) is 1.18. The minimum absolute atomic E-state index is 0.0216. The van der Waals surface area contributed by atoms with Crippen molar-refractivity contribution in [1.82, 2.24) is 9.62 Å². The normalized spacial score (nSPS) is 20.9. The lowest BCUT2D eigenvalue weighted by molar-refractivity contribution is 0.329. The highest BCUT2D eigenvalue weighted by Gasteiger charge is 2.32. The highest BCUT2D eigenvalue weighted by Crippen LogP contribution is 2.34. The van der Waals surface area contributed by atoms with E-state index in [0.29, 0.717) is 13.1 Å². The summed E-state index contributed by atoms with van der Waals surface area (Å²) in [7, 11) is -3.15. The maximum atomic E-state index is 12.3. The Kier molecular flexibility index (Phi) is 4.42. The smallest absolute Gasteiger partial charge is 0.215 e. The first kappa shape index (κ1) is 14.0. The lowest BCUT2D eigenvalue weighted by Gasteiger charge is -2.32. The van der Waals surface area contributed by atoms with Gasteiger partial charge in [-0.3, -0.25) is 0 Å². The largest absolute Gasteiger partial charge is 0.316 e. The Labute approximate surface area is 113 Å². The Morgan fingerprint density at radius 1 is 1.56 bits per heavy atom. The number of sulfonamides is 1. The molecular weight excluding hydrogens is 268 g/mol. The van der Waals surface area contributed by atoms with Gasteiger partial charge < -0.3 is 5.32 Å². The fourth-order valence-electron chi connectivity index (χ4n) is 2.36. The number of hydrogen-bond acceptors (Lipinski definition) is 4. The zero-order valence-electron chi connectivity index (χ0n) is 10.8. The fourth-order valence-corrected chi connectivity index (χ4v) is 4.93. The van der Waals surface area contributed by atoms with Gasteiger partial charge in [-0.1, -0.05) is 6.92 Å². The Morgan fingerprint density at radius 3 is 3.06 bits per heavy atom. The average molecular weight is 288 g/mol. The Hall–Kier alpha value is -0.430. The second kappa shape index (κ2) is 5.69. The predicted molar refractivity (Wildman–Crippen MR) is 75.5 cm³/mol. The van der Waals surface area contributed by atoms with Crippen molar-refractivity contribution in [2.24, 2.45) is 0 Å². The molecule has 0 saturated heterocycles. The van der Waals surface area contributed by atoms with Crippen molar-refractivity contribution in [1.29, 1.82) is 0 Å². The maximum Gasteiger partial charge on any atom is 0.215 e. The highest BCUT2D eigenvalue weighted by molar-refractivity contribution is 7.89. The van der Waals surface area contributed by atoms with Crippen molar-refractivity contribution in [2.45, 2.75) is 26.3 Å². The molecule has 1 atom stereocenters. The molecule has 1 aliphatic rings. The number of fused-ring (bicyclic) bond motifs is 1. The molecule has 1 N–H and O–H groups in total. The third-order valence-corrected chi connectivity index (χ3v) is 6.30. The number of nitrogens with one attached hydrogen (secondary N) is 1. The quantitative estimate of drug-likeness (QED) is 0.837. The van der Waals surface area contributed by atoms with Crippen molar-refractivity contribution in [3.8, 4) is 0 Å². The molecule has 0 bridgehead atoms. The molecule has 4 nitrogen and oxygen atoms in total. The van der Waals surface area contributed by atoms with Gasteiger partial charge in [0.25, 0.3) is 0 Å². The zero-order chi connectivity index (χ0) is 13.2. The molecule has 1 aromatic rings. The van der Waals surface area contributed by atoms with Gasteiger partial charge in [0, 0.05) is 24.0 Å². The van der Waals surface area contributed by atoms with Crippen LogP contribution >= 0.6 is 11.3 Å². The van der Waals surface area contributed by atoms with Crippen LogP contribution in [0.25, 0.3) is 0 Å². The molecule has 1 aliphatic heterocycles. The molecule has 18 heavy (non-hydrogen) atoms. The lowest BCUT2D eigenvalue weighted by atomic mass is 10.0. The van der Waals surface area contributed by atoms with Crippen LogP contribution in [0.4, 0.5) is 0 Å². The number of hydrogen-bond donors (Lipinski definition) is 1. The molecule has 0 spiro atoms. The molecule has 2 heterocycles. The summed E-state index contributed by atoms with van der Waals surface area (Å²) in [6.45, 7) is 5.91. The molecule has 0 saturated carbocycles. The minimum atomic E-state index is -3.15. The molecule has 0 fully saturated rings. The first-order valence-electron chi connectivity index (χ1n) is 6.32. The van der Waals surface area contributed by atoms with Gasteiger partial charge in [-0.2, -0.15) is 4.31 Å². The third-order valence-electron chi connectivity index (χ3n) is 3.37. The summed E-state index contributed by atoms with van der Waals surface area (Å²) >= 11 is 1.73. The highest BCUT2D eigenvalue weighted by atomic mass is 32.2. The van der Waals surface area contributed by atoms with Crippen LogP contribution in [-0.4, -0.2) is 38.1 Å². The van der Waals surface area contributed by atoms with Crippen molar-refractivity contribution in [2.75, 3.05) is 25.4 Å². The molecule has 0 radical (unpaired) electrons. The van der Waals surface area contributed by atoms with Gasteiger partial charge >= 0.3 is 0 Å². The molecule has 6 heteroatoms. The lowest BCUT2D eigenvalue weighted by Crippen LogP contribution is -2.41. The van der Waals surface area contributed by atoms with E-state index in [0.717, 1.165) is 13.0 Å². The van der Waals surface area contributed by atoms with E-state index in [-0.39, 0.29) is 11.8 Å². The fraction of sp³-hybridized carbons (Fsp3) is 0.667. The summed E-state index contributed by atoms with van der Waals surface area (Å²) in [4.78, 5) is 1.33. The zero-order valence-corrected chi connectivity index (χ0v) is 12.5. The van der Waals surface area contributed by atoms with Gasteiger partial charge in [-0.15, -0.1) is 11.3 Å². The first-order valence-corrected chi connectivity index (χ1v) is 8.81. The number of rotatable bonds is 5. The van der Waals surface area contributed by atoms with Gasteiger partial charge in [0.05, 0.1) is 5.75 Å². The van der Waals surface area contributed by atoms with Gasteiger partial charge in [-0.25, -0.2) is 8.42 Å². The Balaban J connectivity index is 2.10. The molecule has 0 amide bonds. The first-order chi connectivity index (χ1) is 8.56. The van der Waals surface area contributed by atoms with Gasteiger partial charge in [0.15, 0.2) is 0 Å². The molecule has 1 unspecified atom stereocenters. The summed E-state index contributed by atoms with van der Waals surface area (Å²) in [5, 5.41) is 5.12. The molecule has 102 valence electrons. The maximum absolute atomic E-state index is 12.3.